The van der Waals surface area contributed by atoms with Crippen molar-refractivity contribution in [2.75, 3.05) is 19.6 Å². The molecule has 1 aliphatic rings. The fourth-order valence-electron chi connectivity index (χ4n) is 1.87. The molecule has 2 rings (SSSR count). The maximum Gasteiger partial charge on any atom is 0.234 e. The average molecular weight is 354 g/mol. The van der Waals surface area contributed by atoms with Crippen LogP contribution in [0, 0.1) is 5.92 Å². The van der Waals surface area contributed by atoms with Crippen LogP contribution in [0.15, 0.2) is 18.2 Å². The van der Waals surface area contributed by atoms with Crippen LogP contribution in [0.4, 0.5) is 0 Å². The number of aliphatic hydroxyl groups is 1. The Balaban J connectivity index is 0.00000220. The van der Waals surface area contributed by atoms with Crippen molar-refractivity contribution in [2.45, 2.75) is 18.9 Å². The van der Waals surface area contributed by atoms with Crippen LogP contribution < -0.4 is 10.6 Å². The first-order chi connectivity index (χ1) is 9.54. The smallest absolute Gasteiger partial charge is 0.234 e. The van der Waals surface area contributed by atoms with E-state index in [1.54, 1.807) is 18.2 Å². The molecule has 7 heteroatoms. The SMILES string of the molecule is Cl.O=C(CNCC1CC1)NCC(O)c1cc(Cl)cc(Cl)c1. The lowest BCUT2D eigenvalue weighted by atomic mass is 10.1. The maximum atomic E-state index is 11.6. The molecule has 0 aromatic heterocycles. The Hall–Kier alpha value is -0.520. The van der Waals surface area contributed by atoms with Gasteiger partial charge in [0.1, 0.15) is 0 Å². The Morgan fingerprint density at radius 1 is 1.29 bits per heavy atom. The Morgan fingerprint density at radius 3 is 2.48 bits per heavy atom. The zero-order chi connectivity index (χ0) is 14.5. The van der Waals surface area contributed by atoms with Crippen molar-refractivity contribution in [2.24, 2.45) is 5.92 Å². The highest BCUT2D eigenvalue weighted by Crippen LogP contribution is 2.27. The number of benzene rings is 1. The van der Waals surface area contributed by atoms with Gasteiger partial charge < -0.3 is 15.7 Å². The molecule has 0 bridgehead atoms. The molecule has 0 radical (unpaired) electrons. The van der Waals surface area contributed by atoms with Crippen molar-refractivity contribution in [3.63, 3.8) is 0 Å². The van der Waals surface area contributed by atoms with Gasteiger partial charge in [0.25, 0.3) is 0 Å². The summed E-state index contributed by atoms with van der Waals surface area (Å²) in [7, 11) is 0. The van der Waals surface area contributed by atoms with Crippen LogP contribution >= 0.6 is 35.6 Å². The topological polar surface area (TPSA) is 61.4 Å². The van der Waals surface area contributed by atoms with Crippen molar-refractivity contribution in [1.82, 2.24) is 10.6 Å². The molecule has 1 saturated carbocycles. The van der Waals surface area contributed by atoms with E-state index in [0.29, 0.717) is 15.6 Å². The molecule has 1 aromatic rings. The van der Waals surface area contributed by atoms with E-state index in [4.69, 9.17) is 23.2 Å². The van der Waals surface area contributed by atoms with E-state index < -0.39 is 6.10 Å². The van der Waals surface area contributed by atoms with E-state index in [1.165, 1.54) is 12.8 Å². The quantitative estimate of drug-likeness (QED) is 0.706. The number of halogens is 3. The van der Waals surface area contributed by atoms with Crippen molar-refractivity contribution < 1.29 is 9.90 Å². The minimum Gasteiger partial charge on any atom is -0.387 e. The number of aliphatic hydroxyl groups excluding tert-OH is 1. The van der Waals surface area contributed by atoms with Crippen LogP contribution in [0.5, 0.6) is 0 Å². The van der Waals surface area contributed by atoms with Gasteiger partial charge in [0.15, 0.2) is 0 Å². The molecule has 0 aliphatic heterocycles. The molecule has 118 valence electrons. The summed E-state index contributed by atoms with van der Waals surface area (Å²) in [5, 5.41) is 16.7. The second-order valence-electron chi connectivity index (χ2n) is 5.10. The summed E-state index contributed by atoms with van der Waals surface area (Å²) in [5.41, 5.74) is 0.591. The van der Waals surface area contributed by atoms with E-state index in [0.717, 1.165) is 12.5 Å². The van der Waals surface area contributed by atoms with Gasteiger partial charge in [-0.05, 0) is 49.1 Å². The third-order valence-corrected chi connectivity index (χ3v) is 3.61. The Kier molecular flexibility index (Phi) is 7.77. The second kappa shape index (κ2) is 8.81. The molecule has 1 amide bonds. The van der Waals surface area contributed by atoms with Gasteiger partial charge in [0.2, 0.25) is 5.91 Å². The van der Waals surface area contributed by atoms with Crippen molar-refractivity contribution in [3.05, 3.63) is 33.8 Å². The average Bonchev–Trinajstić information content (AvgIpc) is 3.19. The highest BCUT2D eigenvalue weighted by molar-refractivity contribution is 6.34. The van der Waals surface area contributed by atoms with Gasteiger partial charge in [-0.1, -0.05) is 23.2 Å². The Labute approximate surface area is 140 Å². The Bertz CT molecular complexity index is 461. The Morgan fingerprint density at radius 2 is 1.90 bits per heavy atom. The lowest BCUT2D eigenvalue weighted by Gasteiger charge is -2.13. The fourth-order valence-corrected chi connectivity index (χ4v) is 2.41. The third kappa shape index (κ3) is 6.85. The molecule has 21 heavy (non-hydrogen) atoms. The lowest BCUT2D eigenvalue weighted by Crippen LogP contribution is -2.36. The normalized spacial score (nSPS) is 15.2. The zero-order valence-corrected chi connectivity index (χ0v) is 13.8. The first-order valence-corrected chi connectivity index (χ1v) is 7.41. The molecule has 0 heterocycles. The molecule has 1 fully saturated rings. The monoisotopic (exact) mass is 352 g/mol. The summed E-state index contributed by atoms with van der Waals surface area (Å²) in [6.45, 7) is 1.31. The van der Waals surface area contributed by atoms with E-state index >= 15 is 0 Å². The molecule has 4 nitrogen and oxygen atoms in total. The van der Waals surface area contributed by atoms with Crippen LogP contribution in [0.25, 0.3) is 0 Å². The summed E-state index contributed by atoms with van der Waals surface area (Å²) in [6.07, 6.45) is 1.68. The van der Waals surface area contributed by atoms with Crippen molar-refractivity contribution >= 4 is 41.5 Å². The van der Waals surface area contributed by atoms with Crippen LogP contribution in [0.1, 0.15) is 24.5 Å². The largest absolute Gasteiger partial charge is 0.387 e. The first kappa shape index (κ1) is 18.5. The van der Waals surface area contributed by atoms with Gasteiger partial charge in [-0.25, -0.2) is 0 Å². The molecule has 1 atom stereocenters. The van der Waals surface area contributed by atoms with Gasteiger partial charge in [0.05, 0.1) is 12.6 Å². The van der Waals surface area contributed by atoms with Crippen molar-refractivity contribution in [1.29, 1.82) is 0 Å². The second-order valence-corrected chi connectivity index (χ2v) is 5.97. The third-order valence-electron chi connectivity index (χ3n) is 3.18. The summed E-state index contributed by atoms with van der Waals surface area (Å²) < 4.78 is 0. The van der Waals surface area contributed by atoms with E-state index in [-0.39, 0.29) is 31.4 Å². The highest BCUT2D eigenvalue weighted by Gasteiger charge is 2.20. The molecule has 3 N–H and O–H groups in total. The molecule has 0 spiro atoms. The number of nitrogens with one attached hydrogen (secondary N) is 2. The first-order valence-electron chi connectivity index (χ1n) is 6.66. The minimum atomic E-state index is -0.821. The predicted octanol–water partition coefficient (Wildman–Crippen LogP) is 2.56. The zero-order valence-electron chi connectivity index (χ0n) is 11.4. The number of carbonyl (C=O) groups excluding carboxylic acids is 1. The van der Waals surface area contributed by atoms with Crippen LogP contribution in [0.3, 0.4) is 0 Å². The molecule has 1 aromatic carbocycles. The molecule has 0 saturated heterocycles. The number of hydrogen-bond acceptors (Lipinski definition) is 3. The number of carbonyl (C=O) groups is 1. The number of amides is 1. The molecular weight excluding hydrogens is 335 g/mol. The van der Waals surface area contributed by atoms with E-state index in [1.807, 2.05) is 0 Å². The predicted molar refractivity (Wildman–Crippen MR) is 87.3 cm³/mol. The molecular formula is C14H19Cl3N2O2. The van der Waals surface area contributed by atoms with Gasteiger partial charge in [-0.15, -0.1) is 12.4 Å². The van der Waals surface area contributed by atoms with Gasteiger partial charge in [0, 0.05) is 16.6 Å². The summed E-state index contributed by atoms with van der Waals surface area (Å²) in [4.78, 5) is 11.6. The van der Waals surface area contributed by atoms with E-state index in [2.05, 4.69) is 10.6 Å². The van der Waals surface area contributed by atoms with Gasteiger partial charge in [-0.2, -0.15) is 0 Å². The summed E-state index contributed by atoms with van der Waals surface area (Å²) in [6, 6.07) is 4.87. The highest BCUT2D eigenvalue weighted by atomic mass is 35.5. The molecule has 1 aliphatic carbocycles. The minimum absolute atomic E-state index is 0. The van der Waals surface area contributed by atoms with Crippen LogP contribution in [-0.4, -0.2) is 30.6 Å². The summed E-state index contributed by atoms with van der Waals surface area (Å²) in [5.74, 6) is 0.611. The van der Waals surface area contributed by atoms with Crippen LogP contribution in [-0.2, 0) is 4.79 Å². The maximum absolute atomic E-state index is 11.6. The van der Waals surface area contributed by atoms with Crippen LogP contribution in [0.2, 0.25) is 10.0 Å². The van der Waals surface area contributed by atoms with Crippen molar-refractivity contribution in [3.8, 4) is 0 Å². The standard InChI is InChI=1S/C14H18Cl2N2O2.ClH/c15-11-3-10(4-12(16)5-11)13(19)7-18-14(20)8-17-6-9-1-2-9;/h3-5,9,13,17,19H,1-2,6-8H2,(H,18,20);1H. The van der Waals surface area contributed by atoms with Gasteiger partial charge in [-0.3, -0.25) is 4.79 Å². The summed E-state index contributed by atoms with van der Waals surface area (Å²) >= 11 is 11.7. The fraction of sp³-hybridized carbons (Fsp3) is 0.500. The molecule has 1 unspecified atom stereocenters. The lowest BCUT2D eigenvalue weighted by molar-refractivity contribution is -0.120. The number of rotatable bonds is 7. The number of hydrogen-bond donors (Lipinski definition) is 3. The van der Waals surface area contributed by atoms with E-state index in [9.17, 15) is 9.90 Å². The van der Waals surface area contributed by atoms with Gasteiger partial charge >= 0.3 is 0 Å².